The summed E-state index contributed by atoms with van der Waals surface area (Å²) < 4.78 is 71.9. The molecule has 248 valence electrons. The third-order valence-corrected chi connectivity index (χ3v) is 10.9. The highest BCUT2D eigenvalue weighted by atomic mass is 32.5. The predicted octanol–water partition coefficient (Wildman–Crippen LogP) is -1.35. The normalized spacial score (nSPS) is 35.6. The second-order valence-electron chi connectivity index (χ2n) is 9.35. The van der Waals surface area contributed by atoms with Gasteiger partial charge in [-0.2, -0.15) is 0 Å². The number of aliphatic hydroxyl groups is 4. The minimum atomic E-state index is -5.65. The van der Waals surface area contributed by atoms with Gasteiger partial charge < -0.3 is 60.4 Å². The summed E-state index contributed by atoms with van der Waals surface area (Å²) in [4.78, 5) is 43.5. The SMILES string of the molecule is C#C[C@@]1(F)[C@H](O)[C@@H](COP(O)(=S)OP(=O)(O)OC2OC([C@@H](F)CO)C(O)C(O)C2OC(C)=O)O[C@H]1c1csc(C(N)=O)c1N. The summed E-state index contributed by atoms with van der Waals surface area (Å²) >= 11 is 5.44. The maximum atomic E-state index is 15.7. The van der Waals surface area contributed by atoms with Crippen LogP contribution in [0.15, 0.2) is 5.38 Å². The lowest BCUT2D eigenvalue weighted by molar-refractivity contribution is -0.290. The van der Waals surface area contributed by atoms with Crippen LogP contribution in [0.2, 0.25) is 0 Å². The maximum Gasteiger partial charge on any atom is 0.481 e. The number of halogens is 2. The highest BCUT2D eigenvalue weighted by molar-refractivity contribution is 8.08. The number of carbonyl (C=O) groups is 2. The Balaban J connectivity index is 1.74. The number of alkyl halides is 2. The van der Waals surface area contributed by atoms with E-state index in [1.807, 2.05) is 0 Å². The van der Waals surface area contributed by atoms with E-state index in [4.69, 9.17) is 46.3 Å². The van der Waals surface area contributed by atoms with E-state index in [0.29, 0.717) is 0 Å². The lowest BCUT2D eigenvalue weighted by atomic mass is 9.90. The van der Waals surface area contributed by atoms with Crippen molar-refractivity contribution in [3.05, 3.63) is 15.8 Å². The molecule has 1 amide bonds. The number of rotatable bonds is 12. The van der Waals surface area contributed by atoms with Crippen LogP contribution in [0.5, 0.6) is 0 Å². The number of phosphoric ester groups is 1. The lowest BCUT2D eigenvalue weighted by Gasteiger charge is -2.42. The number of aliphatic hydroxyl groups excluding tert-OH is 4. The van der Waals surface area contributed by atoms with E-state index < -0.39 is 100 Å². The summed E-state index contributed by atoms with van der Waals surface area (Å²) in [7, 11) is -5.65. The largest absolute Gasteiger partial charge is 0.481 e. The molecule has 2 aliphatic rings. The Hall–Kier alpha value is -1.70. The quantitative estimate of drug-likeness (QED) is 0.0706. The number of amides is 1. The van der Waals surface area contributed by atoms with Gasteiger partial charge in [-0.05, 0) is 17.2 Å². The second kappa shape index (κ2) is 14.0. The number of hydrogen-bond acceptors (Lipinski definition) is 16. The molecule has 3 rings (SSSR count). The van der Waals surface area contributed by atoms with Crippen LogP contribution in [0.4, 0.5) is 14.5 Å². The number of ether oxygens (including phenoxy) is 3. The molecule has 3 heterocycles. The zero-order valence-corrected chi connectivity index (χ0v) is 25.7. The molecule has 23 heteroatoms. The first-order valence-electron chi connectivity index (χ1n) is 12.1. The molecule has 0 saturated carbocycles. The topological polar surface area (TPSA) is 280 Å². The second-order valence-corrected chi connectivity index (χ2v) is 14.6. The molecule has 10 N–H and O–H groups in total. The molecule has 0 aliphatic carbocycles. The third kappa shape index (κ3) is 7.81. The Kier molecular flexibility index (Phi) is 11.7. The van der Waals surface area contributed by atoms with Gasteiger partial charge in [-0.3, -0.25) is 14.1 Å². The van der Waals surface area contributed by atoms with Gasteiger partial charge >= 0.3 is 20.5 Å². The van der Waals surface area contributed by atoms with Crippen molar-refractivity contribution < 1.29 is 80.7 Å². The first-order chi connectivity index (χ1) is 20.3. The van der Waals surface area contributed by atoms with Gasteiger partial charge in [0.25, 0.3) is 5.91 Å². The number of anilines is 1. The summed E-state index contributed by atoms with van der Waals surface area (Å²) in [6, 6.07) is 0. The summed E-state index contributed by atoms with van der Waals surface area (Å²) in [6.07, 6.45) is -13.4. The molecule has 0 aromatic carbocycles. The number of nitrogens with two attached hydrogens (primary N) is 2. The van der Waals surface area contributed by atoms with Crippen LogP contribution in [-0.4, -0.2) is 110 Å². The van der Waals surface area contributed by atoms with Crippen molar-refractivity contribution >= 4 is 55.2 Å². The van der Waals surface area contributed by atoms with Gasteiger partial charge in [-0.25, -0.2) is 17.7 Å². The van der Waals surface area contributed by atoms with Gasteiger partial charge in [-0.15, -0.1) is 17.8 Å². The van der Waals surface area contributed by atoms with Crippen molar-refractivity contribution in [2.45, 2.75) is 67.8 Å². The number of phosphoric acid groups is 1. The Morgan fingerprint density at radius 1 is 1.30 bits per heavy atom. The Morgan fingerprint density at radius 2 is 1.93 bits per heavy atom. The van der Waals surface area contributed by atoms with Gasteiger partial charge in [0.05, 0.1) is 18.9 Å². The number of thiophene rings is 1. The van der Waals surface area contributed by atoms with Crippen molar-refractivity contribution in [1.82, 2.24) is 0 Å². The van der Waals surface area contributed by atoms with Crippen LogP contribution < -0.4 is 11.5 Å². The van der Waals surface area contributed by atoms with Crippen molar-refractivity contribution in [2.24, 2.45) is 5.73 Å². The van der Waals surface area contributed by atoms with Crippen LogP contribution in [-0.2, 0) is 48.7 Å². The van der Waals surface area contributed by atoms with Gasteiger partial charge in [0.1, 0.15) is 41.5 Å². The Bertz CT molecular complexity index is 1380. The molecule has 0 spiro atoms. The van der Waals surface area contributed by atoms with Crippen LogP contribution in [0.3, 0.4) is 0 Å². The van der Waals surface area contributed by atoms with E-state index in [1.54, 1.807) is 5.92 Å². The molecule has 44 heavy (non-hydrogen) atoms. The van der Waals surface area contributed by atoms with Crippen molar-refractivity contribution in [3.8, 4) is 12.3 Å². The smallest absolute Gasteiger partial charge is 0.454 e. The molecule has 2 fully saturated rings. The summed E-state index contributed by atoms with van der Waals surface area (Å²) in [5.41, 5.74) is 7.73. The Morgan fingerprint density at radius 3 is 2.45 bits per heavy atom. The number of nitrogen functional groups attached to an aromatic ring is 1. The third-order valence-electron chi connectivity index (χ3n) is 6.32. The van der Waals surface area contributed by atoms with Crippen LogP contribution in [0.25, 0.3) is 0 Å². The molecule has 0 bridgehead atoms. The fourth-order valence-electron chi connectivity index (χ4n) is 4.28. The average molecular weight is 713 g/mol. The van der Waals surface area contributed by atoms with Crippen LogP contribution in [0.1, 0.15) is 28.3 Å². The van der Waals surface area contributed by atoms with Gasteiger partial charge in [0.15, 0.2) is 12.3 Å². The Labute approximate surface area is 256 Å². The zero-order valence-electron chi connectivity index (χ0n) is 22.2. The lowest BCUT2D eigenvalue weighted by Crippen LogP contribution is -2.61. The number of terminal acetylenes is 1. The molecule has 17 nitrogen and oxygen atoms in total. The summed E-state index contributed by atoms with van der Waals surface area (Å²) in [5.74, 6) is -0.276. The minimum Gasteiger partial charge on any atom is -0.454 e. The number of carbonyl (C=O) groups excluding carboxylic acids is 2. The molecular weight excluding hydrogens is 684 g/mol. The average Bonchev–Trinajstić information content (AvgIpc) is 3.42. The van der Waals surface area contributed by atoms with Crippen LogP contribution in [0, 0.1) is 12.3 Å². The van der Waals surface area contributed by atoms with E-state index in [2.05, 4.69) is 16.1 Å². The van der Waals surface area contributed by atoms with E-state index in [9.17, 15) is 43.7 Å². The van der Waals surface area contributed by atoms with Crippen molar-refractivity contribution in [1.29, 1.82) is 0 Å². The number of esters is 1. The first kappa shape index (κ1) is 36.8. The van der Waals surface area contributed by atoms with E-state index in [0.717, 1.165) is 18.3 Å². The minimum absolute atomic E-state index is 0.129. The molecule has 2 saturated heterocycles. The van der Waals surface area contributed by atoms with Gasteiger partial charge in [-0.1, -0.05) is 5.92 Å². The fraction of sp³-hybridized carbons (Fsp3) is 0.619. The molecule has 12 atom stereocenters. The van der Waals surface area contributed by atoms with Gasteiger partial charge in [0, 0.05) is 12.5 Å². The number of hydrogen-bond donors (Lipinski definition) is 8. The van der Waals surface area contributed by atoms with Crippen LogP contribution >= 0.6 is 25.9 Å². The van der Waals surface area contributed by atoms with Crippen molar-refractivity contribution in [3.63, 3.8) is 0 Å². The summed E-state index contributed by atoms with van der Waals surface area (Å²) in [6.45, 7) is -6.26. The molecule has 7 unspecified atom stereocenters. The highest BCUT2D eigenvalue weighted by Crippen LogP contribution is 2.62. The van der Waals surface area contributed by atoms with Crippen molar-refractivity contribution in [2.75, 3.05) is 18.9 Å². The molecule has 1 aromatic heterocycles. The maximum absolute atomic E-state index is 15.7. The molecule has 0 radical (unpaired) electrons. The predicted molar refractivity (Wildman–Crippen MR) is 146 cm³/mol. The van der Waals surface area contributed by atoms with E-state index in [1.165, 1.54) is 5.38 Å². The zero-order chi connectivity index (χ0) is 33.4. The summed E-state index contributed by atoms with van der Waals surface area (Å²) in [5, 5.41) is 41.2. The first-order valence-corrected chi connectivity index (χ1v) is 17.1. The standard InChI is InChI=1S/C21H28F2N2O15P2S2/c1-3-21(23)17(30)10(37-18(21)8-6-44-16(11(8)24)19(25)31)5-35-42(34,43)40-41(32,33)39-20-15(36-7(2)27)13(29)12(28)14(38-20)9(22)4-26/h1,6,9-10,12-15,17-18,20,26,28-30H,4-5,24H2,2H3,(H2,25,31)(H,32,33)(H,34,43)/t9-,10+,12?,13?,14?,15?,17+,18-,20?,21+,42?/m0/s1. The highest BCUT2D eigenvalue weighted by Gasteiger charge is 2.58. The fourth-order valence-corrected chi connectivity index (χ4v) is 8.23. The van der Waals surface area contributed by atoms with Gasteiger partial charge in [0.2, 0.25) is 12.0 Å². The number of primary amides is 1. The monoisotopic (exact) mass is 712 g/mol. The molecule has 1 aromatic rings. The molecule has 2 aliphatic heterocycles. The molecular formula is C21H28F2N2O15P2S2. The van der Waals surface area contributed by atoms with E-state index in [-0.39, 0.29) is 16.1 Å². The van der Waals surface area contributed by atoms with E-state index >= 15 is 4.39 Å².